The fourth-order valence-corrected chi connectivity index (χ4v) is 3.48. The van der Waals surface area contributed by atoms with Gasteiger partial charge in [-0.2, -0.15) is 0 Å². The summed E-state index contributed by atoms with van der Waals surface area (Å²) in [5.74, 6) is -0.0681. The predicted octanol–water partition coefficient (Wildman–Crippen LogP) is 2.67. The summed E-state index contributed by atoms with van der Waals surface area (Å²) < 4.78 is 27.4. The van der Waals surface area contributed by atoms with Crippen molar-refractivity contribution in [2.24, 2.45) is 4.99 Å². The summed E-state index contributed by atoms with van der Waals surface area (Å²) in [6.45, 7) is 2.37. The molecule has 0 aromatic heterocycles. The van der Waals surface area contributed by atoms with Crippen LogP contribution in [0, 0.1) is 11.6 Å². The zero-order valence-corrected chi connectivity index (χ0v) is 12.3. The molecule has 2 aliphatic rings. The summed E-state index contributed by atoms with van der Waals surface area (Å²) in [5, 5.41) is 3.37. The lowest BCUT2D eigenvalue weighted by Gasteiger charge is -2.31. The maximum Gasteiger partial charge on any atom is 0.193 e. The molecule has 3 rings (SSSR count). The van der Waals surface area contributed by atoms with E-state index < -0.39 is 11.6 Å². The Hall–Kier alpha value is -1.65. The van der Waals surface area contributed by atoms with E-state index >= 15 is 0 Å². The van der Waals surface area contributed by atoms with Crippen molar-refractivity contribution < 1.29 is 8.78 Å². The van der Waals surface area contributed by atoms with Crippen molar-refractivity contribution >= 4 is 5.96 Å². The van der Waals surface area contributed by atoms with Gasteiger partial charge < -0.3 is 10.2 Å². The zero-order chi connectivity index (χ0) is 14.9. The molecule has 0 amide bonds. The number of nitrogens with zero attached hydrogens (tertiary/aromatic N) is 2. The van der Waals surface area contributed by atoms with E-state index in [0.717, 1.165) is 50.8 Å². The lowest BCUT2D eigenvalue weighted by atomic mass is 9.78. The highest BCUT2D eigenvalue weighted by Crippen LogP contribution is 2.41. The third kappa shape index (κ3) is 2.74. The molecule has 1 aromatic carbocycles. The minimum atomic E-state index is -0.516. The Labute approximate surface area is 124 Å². The molecule has 5 heteroatoms. The molecule has 114 valence electrons. The summed E-state index contributed by atoms with van der Waals surface area (Å²) in [4.78, 5) is 6.49. The van der Waals surface area contributed by atoms with Gasteiger partial charge in [-0.3, -0.25) is 4.99 Å². The lowest BCUT2D eigenvalue weighted by molar-refractivity contribution is 0.400. The van der Waals surface area contributed by atoms with E-state index in [2.05, 4.69) is 15.2 Å². The smallest absolute Gasteiger partial charge is 0.193 e. The van der Waals surface area contributed by atoms with E-state index in [1.807, 2.05) is 7.05 Å². The maximum atomic E-state index is 14.2. The van der Waals surface area contributed by atoms with Crippen LogP contribution in [0.3, 0.4) is 0 Å². The first-order chi connectivity index (χ1) is 10.1. The summed E-state index contributed by atoms with van der Waals surface area (Å²) >= 11 is 0. The first-order valence-electron chi connectivity index (χ1n) is 7.56. The van der Waals surface area contributed by atoms with Crippen LogP contribution in [0.1, 0.15) is 31.2 Å². The van der Waals surface area contributed by atoms with E-state index in [1.165, 1.54) is 6.07 Å². The molecule has 1 aromatic rings. The van der Waals surface area contributed by atoms with Crippen LogP contribution in [0.15, 0.2) is 23.2 Å². The fraction of sp³-hybridized carbons (Fsp3) is 0.562. The predicted molar refractivity (Wildman–Crippen MR) is 79.4 cm³/mol. The average molecular weight is 293 g/mol. The molecule has 1 aliphatic carbocycles. The SMILES string of the molecule is CN1CCN=C1NCC1(c2ccc(F)cc2F)CCCC1. The molecular weight excluding hydrogens is 272 g/mol. The van der Waals surface area contributed by atoms with E-state index in [1.54, 1.807) is 6.07 Å². The van der Waals surface area contributed by atoms with Crippen molar-refractivity contribution in [3.8, 4) is 0 Å². The van der Waals surface area contributed by atoms with Crippen LogP contribution in [0.2, 0.25) is 0 Å². The summed E-state index contributed by atoms with van der Waals surface area (Å²) in [7, 11) is 2.00. The average Bonchev–Trinajstić information content (AvgIpc) is 3.06. The van der Waals surface area contributed by atoms with Gasteiger partial charge in [0.2, 0.25) is 0 Å². The van der Waals surface area contributed by atoms with Crippen LogP contribution in [-0.4, -0.2) is 37.5 Å². The standard InChI is InChI=1S/C16H21F2N3/c1-21-9-8-19-15(21)20-11-16(6-2-3-7-16)13-5-4-12(17)10-14(13)18/h4-5,10H,2-3,6-9,11H2,1H3,(H,19,20). The number of hydrogen-bond acceptors (Lipinski definition) is 3. The van der Waals surface area contributed by atoms with Gasteiger partial charge in [0.1, 0.15) is 11.6 Å². The highest BCUT2D eigenvalue weighted by atomic mass is 19.1. The number of rotatable bonds is 3. The van der Waals surface area contributed by atoms with Gasteiger partial charge in [-0.05, 0) is 24.5 Å². The molecule has 1 fully saturated rings. The third-order valence-electron chi connectivity index (χ3n) is 4.71. The first kappa shape index (κ1) is 14.3. The second-order valence-corrected chi connectivity index (χ2v) is 6.09. The van der Waals surface area contributed by atoms with E-state index in [4.69, 9.17) is 0 Å². The first-order valence-corrected chi connectivity index (χ1v) is 7.56. The van der Waals surface area contributed by atoms with E-state index in [-0.39, 0.29) is 5.41 Å². The Morgan fingerprint density at radius 1 is 1.29 bits per heavy atom. The number of benzene rings is 1. The van der Waals surface area contributed by atoms with Gasteiger partial charge in [0.25, 0.3) is 0 Å². The van der Waals surface area contributed by atoms with Gasteiger partial charge in [0.05, 0.1) is 6.54 Å². The minimum Gasteiger partial charge on any atom is -0.355 e. The Bertz CT molecular complexity index is 550. The molecule has 21 heavy (non-hydrogen) atoms. The van der Waals surface area contributed by atoms with Gasteiger partial charge in [-0.15, -0.1) is 0 Å². The Morgan fingerprint density at radius 3 is 2.67 bits per heavy atom. The monoisotopic (exact) mass is 293 g/mol. The Balaban J connectivity index is 1.82. The third-order valence-corrected chi connectivity index (χ3v) is 4.71. The highest BCUT2D eigenvalue weighted by molar-refractivity contribution is 5.81. The number of likely N-dealkylation sites (N-methyl/N-ethyl adjacent to an activating group) is 1. The van der Waals surface area contributed by atoms with Crippen molar-refractivity contribution in [1.82, 2.24) is 10.2 Å². The van der Waals surface area contributed by atoms with Gasteiger partial charge in [-0.1, -0.05) is 18.9 Å². The van der Waals surface area contributed by atoms with Crippen molar-refractivity contribution in [2.45, 2.75) is 31.1 Å². The molecule has 0 atom stereocenters. The van der Waals surface area contributed by atoms with Crippen molar-refractivity contribution in [3.63, 3.8) is 0 Å². The Kier molecular flexibility index (Phi) is 3.83. The van der Waals surface area contributed by atoms with E-state index in [0.29, 0.717) is 12.1 Å². The van der Waals surface area contributed by atoms with Crippen LogP contribution in [0.5, 0.6) is 0 Å². The second kappa shape index (κ2) is 5.62. The molecule has 3 nitrogen and oxygen atoms in total. The summed E-state index contributed by atoms with van der Waals surface area (Å²) in [6, 6.07) is 3.96. The fourth-order valence-electron chi connectivity index (χ4n) is 3.48. The molecule has 0 saturated heterocycles. The van der Waals surface area contributed by atoms with Crippen LogP contribution >= 0.6 is 0 Å². The number of aliphatic imine (C=N–C) groups is 1. The van der Waals surface area contributed by atoms with Crippen molar-refractivity contribution in [3.05, 3.63) is 35.4 Å². The van der Waals surface area contributed by atoms with Gasteiger partial charge in [-0.25, -0.2) is 8.78 Å². The number of halogens is 2. The number of nitrogens with one attached hydrogen (secondary N) is 1. The molecule has 1 N–H and O–H groups in total. The molecule has 0 unspecified atom stereocenters. The lowest BCUT2D eigenvalue weighted by Crippen LogP contribution is -2.44. The molecule has 1 saturated carbocycles. The molecular formula is C16H21F2N3. The molecule has 1 aliphatic heterocycles. The molecule has 1 heterocycles. The topological polar surface area (TPSA) is 27.6 Å². The molecule has 0 bridgehead atoms. The van der Waals surface area contributed by atoms with Gasteiger partial charge in [0, 0.05) is 31.6 Å². The van der Waals surface area contributed by atoms with Crippen molar-refractivity contribution in [2.75, 3.05) is 26.7 Å². The van der Waals surface area contributed by atoms with Crippen LogP contribution in [-0.2, 0) is 5.41 Å². The van der Waals surface area contributed by atoms with Crippen LogP contribution < -0.4 is 5.32 Å². The largest absolute Gasteiger partial charge is 0.355 e. The molecule has 0 radical (unpaired) electrons. The Morgan fingerprint density at radius 2 is 2.05 bits per heavy atom. The van der Waals surface area contributed by atoms with Gasteiger partial charge >= 0.3 is 0 Å². The van der Waals surface area contributed by atoms with Crippen LogP contribution in [0.25, 0.3) is 0 Å². The second-order valence-electron chi connectivity index (χ2n) is 6.09. The minimum absolute atomic E-state index is 0.246. The highest BCUT2D eigenvalue weighted by Gasteiger charge is 2.38. The van der Waals surface area contributed by atoms with Crippen LogP contribution in [0.4, 0.5) is 8.78 Å². The molecule has 0 spiro atoms. The number of guanidine groups is 1. The van der Waals surface area contributed by atoms with Gasteiger partial charge in [0.15, 0.2) is 5.96 Å². The maximum absolute atomic E-state index is 14.2. The zero-order valence-electron chi connectivity index (χ0n) is 12.3. The summed E-state index contributed by atoms with van der Waals surface area (Å²) in [6.07, 6.45) is 4.03. The normalized spacial score (nSPS) is 20.7. The number of hydrogen-bond donors (Lipinski definition) is 1. The van der Waals surface area contributed by atoms with Crippen molar-refractivity contribution in [1.29, 1.82) is 0 Å². The van der Waals surface area contributed by atoms with E-state index in [9.17, 15) is 8.78 Å². The summed E-state index contributed by atoms with van der Waals surface area (Å²) in [5.41, 5.74) is 0.388. The quantitative estimate of drug-likeness (QED) is 0.928.